The average molecular weight is 251 g/mol. The zero-order chi connectivity index (χ0) is 12.5. The van der Waals surface area contributed by atoms with Crippen molar-refractivity contribution in [2.45, 2.75) is 38.6 Å². The molecule has 4 nitrogen and oxygen atoms in total. The van der Waals surface area contributed by atoms with E-state index in [0.29, 0.717) is 17.9 Å². The van der Waals surface area contributed by atoms with Crippen LogP contribution < -0.4 is 5.32 Å². The van der Waals surface area contributed by atoms with Crippen molar-refractivity contribution in [3.63, 3.8) is 0 Å². The van der Waals surface area contributed by atoms with Gasteiger partial charge in [-0.2, -0.15) is 0 Å². The standard InChI is InChI=1S/C14H25N3O/c1-11-4-3-7-16(8-11)14(18)17-9-12-5-2-6-15-13(12)10-17/h11-13,15H,2-10H2,1H3/t11?,12-,13+/m0/s1. The minimum atomic E-state index is 0.290. The number of fused-ring (bicyclic) bond motifs is 1. The average Bonchev–Trinajstić information content (AvgIpc) is 2.81. The van der Waals surface area contributed by atoms with E-state index in [4.69, 9.17) is 0 Å². The van der Waals surface area contributed by atoms with Crippen molar-refractivity contribution in [1.29, 1.82) is 0 Å². The summed E-state index contributed by atoms with van der Waals surface area (Å²) in [7, 11) is 0. The molecule has 0 aromatic rings. The minimum absolute atomic E-state index is 0.290. The summed E-state index contributed by atoms with van der Waals surface area (Å²) in [6, 6.07) is 0.850. The molecule has 3 rings (SSSR count). The number of hydrogen-bond donors (Lipinski definition) is 1. The minimum Gasteiger partial charge on any atom is -0.324 e. The van der Waals surface area contributed by atoms with Gasteiger partial charge in [0.05, 0.1) is 0 Å². The number of hydrogen-bond acceptors (Lipinski definition) is 2. The molecule has 3 fully saturated rings. The van der Waals surface area contributed by atoms with Crippen LogP contribution >= 0.6 is 0 Å². The molecular formula is C14H25N3O. The second kappa shape index (κ2) is 5.08. The van der Waals surface area contributed by atoms with Gasteiger partial charge < -0.3 is 15.1 Å². The van der Waals surface area contributed by atoms with E-state index in [1.165, 1.54) is 25.7 Å². The van der Waals surface area contributed by atoms with Crippen molar-refractivity contribution in [2.24, 2.45) is 11.8 Å². The Hall–Kier alpha value is -0.770. The topological polar surface area (TPSA) is 35.6 Å². The van der Waals surface area contributed by atoms with Gasteiger partial charge in [0.1, 0.15) is 0 Å². The predicted molar refractivity (Wildman–Crippen MR) is 71.5 cm³/mol. The maximum atomic E-state index is 12.5. The molecule has 3 saturated heterocycles. The molecule has 3 atom stereocenters. The Morgan fingerprint density at radius 3 is 2.78 bits per heavy atom. The molecule has 0 radical (unpaired) electrons. The van der Waals surface area contributed by atoms with Crippen LogP contribution in [0.15, 0.2) is 0 Å². The van der Waals surface area contributed by atoms with Crippen molar-refractivity contribution in [3.05, 3.63) is 0 Å². The van der Waals surface area contributed by atoms with Crippen LogP contribution in [0.4, 0.5) is 4.79 Å². The summed E-state index contributed by atoms with van der Waals surface area (Å²) >= 11 is 0. The molecule has 0 bridgehead atoms. The first kappa shape index (κ1) is 12.3. The molecule has 3 aliphatic heterocycles. The number of carbonyl (C=O) groups excluding carboxylic acids is 1. The van der Waals surface area contributed by atoms with Gasteiger partial charge in [-0.25, -0.2) is 4.79 Å². The molecule has 0 aromatic heterocycles. The summed E-state index contributed by atoms with van der Waals surface area (Å²) in [5.74, 6) is 1.37. The summed E-state index contributed by atoms with van der Waals surface area (Å²) in [5, 5.41) is 3.57. The highest BCUT2D eigenvalue weighted by Gasteiger charge is 2.38. The molecule has 0 spiro atoms. The Morgan fingerprint density at radius 1 is 1.11 bits per heavy atom. The lowest BCUT2D eigenvalue weighted by atomic mass is 9.94. The number of urea groups is 1. The van der Waals surface area contributed by atoms with Gasteiger partial charge >= 0.3 is 6.03 Å². The first-order valence-corrected chi connectivity index (χ1v) is 7.51. The number of rotatable bonds is 0. The number of carbonyl (C=O) groups is 1. The fraction of sp³-hybridized carbons (Fsp3) is 0.929. The molecule has 0 saturated carbocycles. The lowest BCUT2D eigenvalue weighted by Gasteiger charge is -2.34. The maximum absolute atomic E-state index is 12.5. The fourth-order valence-corrected chi connectivity index (χ4v) is 3.77. The summed E-state index contributed by atoms with van der Waals surface area (Å²) in [6.45, 7) is 7.20. The second-order valence-electron chi connectivity index (χ2n) is 6.34. The quantitative estimate of drug-likeness (QED) is 0.708. The van der Waals surface area contributed by atoms with Gasteiger partial charge in [-0.05, 0) is 44.1 Å². The monoisotopic (exact) mass is 251 g/mol. The van der Waals surface area contributed by atoms with Crippen molar-refractivity contribution >= 4 is 6.03 Å². The van der Waals surface area contributed by atoms with Gasteiger partial charge in [0, 0.05) is 32.2 Å². The lowest BCUT2D eigenvalue weighted by molar-refractivity contribution is 0.137. The summed E-state index contributed by atoms with van der Waals surface area (Å²) < 4.78 is 0. The molecule has 3 heterocycles. The van der Waals surface area contributed by atoms with E-state index < -0.39 is 0 Å². The summed E-state index contributed by atoms with van der Waals surface area (Å²) in [5.41, 5.74) is 0. The second-order valence-corrected chi connectivity index (χ2v) is 6.34. The van der Waals surface area contributed by atoms with E-state index in [9.17, 15) is 4.79 Å². The molecular weight excluding hydrogens is 226 g/mol. The largest absolute Gasteiger partial charge is 0.324 e. The van der Waals surface area contributed by atoms with Crippen LogP contribution in [0.2, 0.25) is 0 Å². The third-order valence-electron chi connectivity index (χ3n) is 4.80. The van der Waals surface area contributed by atoms with Gasteiger partial charge in [-0.1, -0.05) is 6.92 Å². The summed E-state index contributed by atoms with van der Waals surface area (Å²) in [6.07, 6.45) is 5.00. The Kier molecular flexibility index (Phi) is 3.46. The van der Waals surface area contributed by atoms with Crippen LogP contribution in [-0.4, -0.2) is 54.6 Å². The van der Waals surface area contributed by atoms with Gasteiger partial charge in [-0.15, -0.1) is 0 Å². The van der Waals surface area contributed by atoms with Crippen molar-refractivity contribution in [3.8, 4) is 0 Å². The van der Waals surface area contributed by atoms with Gasteiger partial charge in [0.25, 0.3) is 0 Å². The highest BCUT2D eigenvalue weighted by molar-refractivity contribution is 5.75. The Labute approximate surface area is 110 Å². The highest BCUT2D eigenvalue weighted by Crippen LogP contribution is 2.26. The molecule has 2 amide bonds. The fourth-order valence-electron chi connectivity index (χ4n) is 3.77. The molecule has 3 aliphatic rings. The Balaban J connectivity index is 1.59. The third kappa shape index (κ3) is 2.35. The van der Waals surface area contributed by atoms with Gasteiger partial charge in [-0.3, -0.25) is 0 Å². The van der Waals surface area contributed by atoms with E-state index in [0.717, 1.165) is 32.7 Å². The highest BCUT2D eigenvalue weighted by atomic mass is 16.2. The molecule has 0 aliphatic carbocycles. The van der Waals surface area contributed by atoms with Crippen LogP contribution in [-0.2, 0) is 0 Å². The number of nitrogens with one attached hydrogen (secondary N) is 1. The third-order valence-corrected chi connectivity index (χ3v) is 4.80. The van der Waals surface area contributed by atoms with Crippen LogP contribution in [0.25, 0.3) is 0 Å². The van der Waals surface area contributed by atoms with Crippen LogP contribution in [0.5, 0.6) is 0 Å². The normalized spacial score (nSPS) is 36.6. The molecule has 1 unspecified atom stereocenters. The van der Waals surface area contributed by atoms with Crippen molar-refractivity contribution in [2.75, 3.05) is 32.7 Å². The number of likely N-dealkylation sites (tertiary alicyclic amines) is 2. The Bertz CT molecular complexity index is 306. The number of nitrogens with zero attached hydrogens (tertiary/aromatic N) is 2. The van der Waals surface area contributed by atoms with Crippen LogP contribution in [0.1, 0.15) is 32.6 Å². The van der Waals surface area contributed by atoms with E-state index in [2.05, 4.69) is 22.0 Å². The van der Waals surface area contributed by atoms with Crippen molar-refractivity contribution < 1.29 is 4.79 Å². The summed E-state index contributed by atoms with van der Waals surface area (Å²) in [4.78, 5) is 16.7. The predicted octanol–water partition coefficient (Wildman–Crippen LogP) is 1.52. The molecule has 102 valence electrons. The number of piperidine rings is 2. The molecule has 18 heavy (non-hydrogen) atoms. The molecule has 0 aromatic carbocycles. The van der Waals surface area contributed by atoms with Crippen molar-refractivity contribution in [1.82, 2.24) is 15.1 Å². The van der Waals surface area contributed by atoms with Gasteiger partial charge in [0.2, 0.25) is 0 Å². The smallest absolute Gasteiger partial charge is 0.320 e. The van der Waals surface area contributed by atoms with Crippen LogP contribution in [0.3, 0.4) is 0 Å². The van der Waals surface area contributed by atoms with Gasteiger partial charge in [0.15, 0.2) is 0 Å². The molecule has 4 heteroatoms. The lowest BCUT2D eigenvalue weighted by Crippen LogP contribution is -2.47. The van der Waals surface area contributed by atoms with E-state index >= 15 is 0 Å². The maximum Gasteiger partial charge on any atom is 0.320 e. The first-order chi connectivity index (χ1) is 8.74. The zero-order valence-electron chi connectivity index (χ0n) is 11.4. The van der Waals surface area contributed by atoms with E-state index in [1.54, 1.807) is 0 Å². The van der Waals surface area contributed by atoms with Crippen LogP contribution in [0, 0.1) is 11.8 Å². The SMILES string of the molecule is CC1CCCN(C(=O)N2C[C@@H]3CCCN[C@@H]3C2)C1. The Morgan fingerprint density at radius 2 is 2.00 bits per heavy atom. The first-order valence-electron chi connectivity index (χ1n) is 7.51. The van der Waals surface area contributed by atoms with E-state index in [-0.39, 0.29) is 6.03 Å². The number of amides is 2. The zero-order valence-corrected chi connectivity index (χ0v) is 11.4. The van der Waals surface area contributed by atoms with E-state index in [1.807, 2.05) is 0 Å². The molecule has 1 N–H and O–H groups in total.